The van der Waals surface area contributed by atoms with E-state index >= 15 is 0 Å². The van der Waals surface area contributed by atoms with Crippen LogP contribution in [-0.4, -0.2) is 22.9 Å². The summed E-state index contributed by atoms with van der Waals surface area (Å²) in [4.78, 5) is 0. The van der Waals surface area contributed by atoms with Gasteiger partial charge in [-0.1, -0.05) is 13.0 Å². The lowest BCUT2D eigenvalue weighted by molar-refractivity contribution is 0.228. The summed E-state index contributed by atoms with van der Waals surface area (Å²) >= 11 is 0. The average molecular weight is 210 g/mol. The molecule has 84 valence electrons. The Bertz CT molecular complexity index is 321. The normalized spacial score (nSPS) is 12.9. The van der Waals surface area contributed by atoms with Crippen molar-refractivity contribution < 1.29 is 14.9 Å². The Balaban J connectivity index is 3.08. The highest BCUT2D eigenvalue weighted by Crippen LogP contribution is 2.34. The average Bonchev–Trinajstić information content (AvgIpc) is 2.16. The van der Waals surface area contributed by atoms with Crippen LogP contribution in [0, 0.1) is 0 Å². The Morgan fingerprint density at radius 2 is 1.93 bits per heavy atom. The van der Waals surface area contributed by atoms with E-state index in [1.165, 1.54) is 0 Å². The van der Waals surface area contributed by atoms with Crippen molar-refractivity contribution in [3.8, 4) is 11.5 Å². The number of aliphatic hydroxyl groups excluding tert-OH is 1. The molecular weight excluding hydrogens is 192 g/mol. The second-order valence-corrected chi connectivity index (χ2v) is 3.94. The van der Waals surface area contributed by atoms with E-state index in [0.29, 0.717) is 11.3 Å². The molecule has 0 radical (unpaired) electrons. The van der Waals surface area contributed by atoms with Crippen LogP contribution in [-0.2, 0) is 0 Å². The minimum atomic E-state index is -0.125. The molecule has 3 heteroatoms. The van der Waals surface area contributed by atoms with E-state index in [1.807, 2.05) is 20.8 Å². The van der Waals surface area contributed by atoms with Gasteiger partial charge in [0.05, 0.1) is 6.10 Å². The van der Waals surface area contributed by atoms with Gasteiger partial charge in [-0.15, -0.1) is 0 Å². The Hall–Kier alpha value is -1.22. The van der Waals surface area contributed by atoms with Gasteiger partial charge in [0.15, 0.2) is 0 Å². The van der Waals surface area contributed by atoms with Crippen molar-refractivity contribution in [2.24, 2.45) is 0 Å². The number of aliphatic hydroxyl groups is 1. The molecule has 0 amide bonds. The third kappa shape index (κ3) is 2.86. The predicted octanol–water partition coefficient (Wildman–Crippen LogP) is 2.28. The first kappa shape index (κ1) is 11.9. The standard InChI is InChI=1S/C12H18O3/c1-8(2)15-11-6-4-5-10(14)12(11)9(3)7-13/h4-6,8-9,13-14H,7H2,1-3H3. The van der Waals surface area contributed by atoms with E-state index in [0.717, 1.165) is 0 Å². The lowest BCUT2D eigenvalue weighted by Gasteiger charge is -2.18. The van der Waals surface area contributed by atoms with Crippen molar-refractivity contribution in [3.05, 3.63) is 23.8 Å². The molecule has 1 rings (SSSR count). The second kappa shape index (κ2) is 5.03. The van der Waals surface area contributed by atoms with Gasteiger partial charge in [0.2, 0.25) is 0 Å². The van der Waals surface area contributed by atoms with Gasteiger partial charge < -0.3 is 14.9 Å². The van der Waals surface area contributed by atoms with Crippen molar-refractivity contribution >= 4 is 0 Å². The van der Waals surface area contributed by atoms with Crippen molar-refractivity contribution in [1.29, 1.82) is 0 Å². The Labute approximate surface area is 90.3 Å². The van der Waals surface area contributed by atoms with Gasteiger partial charge in [0.1, 0.15) is 11.5 Å². The first-order valence-electron chi connectivity index (χ1n) is 5.15. The van der Waals surface area contributed by atoms with Crippen molar-refractivity contribution in [3.63, 3.8) is 0 Å². The SMILES string of the molecule is CC(C)Oc1cccc(O)c1C(C)CO. The molecular formula is C12H18O3. The number of phenolic OH excluding ortho intramolecular Hbond substituents is 1. The van der Waals surface area contributed by atoms with Gasteiger partial charge in [-0.25, -0.2) is 0 Å². The molecule has 0 saturated heterocycles. The summed E-state index contributed by atoms with van der Waals surface area (Å²) in [6.07, 6.45) is 0.0523. The lowest BCUT2D eigenvalue weighted by atomic mass is 10.00. The smallest absolute Gasteiger partial charge is 0.126 e. The minimum Gasteiger partial charge on any atom is -0.508 e. The topological polar surface area (TPSA) is 49.7 Å². The molecule has 0 aliphatic carbocycles. The zero-order valence-corrected chi connectivity index (χ0v) is 9.40. The van der Waals surface area contributed by atoms with Crippen LogP contribution in [0.3, 0.4) is 0 Å². The largest absolute Gasteiger partial charge is 0.508 e. The molecule has 0 spiro atoms. The van der Waals surface area contributed by atoms with Crippen LogP contribution < -0.4 is 4.74 Å². The Morgan fingerprint density at radius 1 is 1.27 bits per heavy atom. The number of rotatable bonds is 4. The van der Waals surface area contributed by atoms with E-state index < -0.39 is 0 Å². The molecule has 1 aromatic carbocycles. The molecule has 0 aliphatic heterocycles. The molecule has 0 fully saturated rings. The van der Waals surface area contributed by atoms with Crippen LogP contribution in [0.2, 0.25) is 0 Å². The number of benzene rings is 1. The molecule has 1 aromatic rings. The highest BCUT2D eigenvalue weighted by molar-refractivity contribution is 5.46. The van der Waals surface area contributed by atoms with E-state index in [2.05, 4.69) is 0 Å². The molecule has 0 saturated carbocycles. The molecule has 1 unspecified atom stereocenters. The fraction of sp³-hybridized carbons (Fsp3) is 0.500. The maximum absolute atomic E-state index is 9.71. The summed E-state index contributed by atoms with van der Waals surface area (Å²) in [5, 5.41) is 18.8. The molecule has 15 heavy (non-hydrogen) atoms. The summed E-state index contributed by atoms with van der Waals surface area (Å²) in [6, 6.07) is 5.15. The van der Waals surface area contributed by atoms with Gasteiger partial charge in [0.25, 0.3) is 0 Å². The van der Waals surface area contributed by atoms with Crippen molar-refractivity contribution in [2.75, 3.05) is 6.61 Å². The molecule has 0 aromatic heterocycles. The molecule has 3 nitrogen and oxygen atoms in total. The highest BCUT2D eigenvalue weighted by Gasteiger charge is 2.16. The minimum absolute atomic E-state index is 0.00791. The third-order valence-corrected chi connectivity index (χ3v) is 2.17. The first-order valence-corrected chi connectivity index (χ1v) is 5.15. The summed E-state index contributed by atoms with van der Waals surface area (Å²) in [6.45, 7) is 5.70. The molecule has 0 heterocycles. The Morgan fingerprint density at radius 3 is 2.47 bits per heavy atom. The highest BCUT2D eigenvalue weighted by atomic mass is 16.5. The van der Waals surface area contributed by atoms with E-state index in [1.54, 1.807) is 18.2 Å². The maximum Gasteiger partial charge on any atom is 0.126 e. The van der Waals surface area contributed by atoms with Gasteiger partial charge >= 0.3 is 0 Å². The first-order chi connectivity index (χ1) is 7.06. The number of hydrogen-bond acceptors (Lipinski definition) is 3. The summed E-state index contributed by atoms with van der Waals surface area (Å²) in [5.41, 5.74) is 0.675. The van der Waals surface area contributed by atoms with Crippen LogP contribution in [0.25, 0.3) is 0 Å². The quantitative estimate of drug-likeness (QED) is 0.801. The fourth-order valence-electron chi connectivity index (χ4n) is 1.48. The maximum atomic E-state index is 9.71. The number of ether oxygens (including phenoxy) is 1. The zero-order chi connectivity index (χ0) is 11.4. The van der Waals surface area contributed by atoms with Gasteiger partial charge in [-0.3, -0.25) is 0 Å². The summed E-state index contributed by atoms with van der Waals surface area (Å²) in [7, 11) is 0. The number of hydrogen-bond donors (Lipinski definition) is 2. The molecule has 0 bridgehead atoms. The van der Waals surface area contributed by atoms with E-state index in [-0.39, 0.29) is 24.4 Å². The zero-order valence-electron chi connectivity index (χ0n) is 9.40. The lowest BCUT2D eigenvalue weighted by Crippen LogP contribution is -2.10. The predicted molar refractivity (Wildman–Crippen MR) is 59.4 cm³/mol. The van der Waals surface area contributed by atoms with E-state index in [9.17, 15) is 5.11 Å². The molecule has 1 atom stereocenters. The van der Waals surface area contributed by atoms with E-state index in [4.69, 9.17) is 9.84 Å². The number of aromatic hydroxyl groups is 1. The third-order valence-electron chi connectivity index (χ3n) is 2.17. The summed E-state index contributed by atoms with van der Waals surface area (Å²) in [5.74, 6) is 0.696. The number of phenols is 1. The molecule has 0 aliphatic rings. The van der Waals surface area contributed by atoms with Gasteiger partial charge in [-0.2, -0.15) is 0 Å². The Kier molecular flexibility index (Phi) is 3.97. The van der Waals surface area contributed by atoms with Gasteiger partial charge in [0, 0.05) is 18.1 Å². The molecule has 2 N–H and O–H groups in total. The van der Waals surface area contributed by atoms with Crippen LogP contribution in [0.5, 0.6) is 11.5 Å². The summed E-state index contributed by atoms with van der Waals surface area (Å²) < 4.78 is 5.58. The second-order valence-electron chi connectivity index (χ2n) is 3.94. The van der Waals surface area contributed by atoms with Crippen LogP contribution in [0.15, 0.2) is 18.2 Å². The van der Waals surface area contributed by atoms with Crippen molar-refractivity contribution in [2.45, 2.75) is 32.8 Å². The monoisotopic (exact) mass is 210 g/mol. The fourth-order valence-corrected chi connectivity index (χ4v) is 1.48. The van der Waals surface area contributed by atoms with Crippen molar-refractivity contribution in [1.82, 2.24) is 0 Å². The van der Waals surface area contributed by atoms with Crippen LogP contribution in [0.1, 0.15) is 32.3 Å². The van der Waals surface area contributed by atoms with Gasteiger partial charge in [-0.05, 0) is 26.0 Å². The van der Waals surface area contributed by atoms with Crippen LogP contribution >= 0.6 is 0 Å². The van der Waals surface area contributed by atoms with Crippen LogP contribution in [0.4, 0.5) is 0 Å².